The Hall–Kier alpha value is -2.66. The monoisotopic (exact) mass is 403 g/mol. The number of nitrogens with zero attached hydrogens (tertiary/aromatic N) is 5. The van der Waals surface area contributed by atoms with Gasteiger partial charge in [-0.05, 0) is 62.6 Å². The Kier molecular flexibility index (Phi) is 7.14. The van der Waals surface area contributed by atoms with E-state index in [2.05, 4.69) is 74.9 Å². The summed E-state index contributed by atoms with van der Waals surface area (Å²) >= 11 is 0. The van der Waals surface area contributed by atoms with Crippen LogP contribution in [0.4, 0.5) is 5.82 Å². The Balaban J connectivity index is 1.23. The van der Waals surface area contributed by atoms with Crippen LogP contribution < -0.4 is 4.90 Å². The zero-order valence-electron chi connectivity index (χ0n) is 18.1. The van der Waals surface area contributed by atoms with Gasteiger partial charge in [0.1, 0.15) is 5.82 Å². The first kappa shape index (κ1) is 20.6. The molecule has 0 spiro atoms. The fraction of sp³-hybridized carbons (Fsp3) is 0.440. The third-order valence-electron chi connectivity index (χ3n) is 5.84. The summed E-state index contributed by atoms with van der Waals surface area (Å²) in [6.45, 7) is 7.80. The van der Waals surface area contributed by atoms with Gasteiger partial charge in [-0.1, -0.05) is 37.6 Å². The molecule has 1 saturated heterocycles. The molecular formula is C25H33N5. The highest BCUT2D eigenvalue weighted by Gasteiger charge is 2.17. The molecule has 5 nitrogen and oxygen atoms in total. The summed E-state index contributed by atoms with van der Waals surface area (Å²) in [4.78, 5) is 9.46. The molecule has 0 radical (unpaired) electrons. The first-order valence-corrected chi connectivity index (χ1v) is 11.3. The lowest BCUT2D eigenvalue weighted by atomic mass is 10.1. The predicted octanol–water partition coefficient (Wildman–Crippen LogP) is 4.36. The van der Waals surface area contributed by atoms with Crippen LogP contribution in [0.3, 0.4) is 0 Å². The van der Waals surface area contributed by atoms with Crippen LogP contribution in [-0.2, 0) is 12.8 Å². The van der Waals surface area contributed by atoms with Crippen molar-refractivity contribution >= 4 is 5.82 Å². The average Bonchev–Trinajstić information content (AvgIpc) is 3.21. The molecule has 0 aliphatic carbocycles. The highest BCUT2D eigenvalue weighted by Crippen LogP contribution is 2.17. The number of rotatable bonds is 9. The van der Waals surface area contributed by atoms with Crippen LogP contribution in [-0.4, -0.2) is 52.4 Å². The molecule has 0 N–H and O–H groups in total. The van der Waals surface area contributed by atoms with Gasteiger partial charge in [0.15, 0.2) is 0 Å². The van der Waals surface area contributed by atoms with Crippen LogP contribution in [0, 0.1) is 0 Å². The van der Waals surface area contributed by atoms with E-state index < -0.39 is 0 Å². The lowest BCUT2D eigenvalue weighted by molar-refractivity contribution is 0.252. The van der Waals surface area contributed by atoms with Crippen LogP contribution in [0.15, 0.2) is 60.8 Å². The number of benzene rings is 1. The molecule has 4 rings (SSSR count). The van der Waals surface area contributed by atoms with Gasteiger partial charge in [-0.15, -0.1) is 0 Å². The SMILES string of the molecule is CCCc1cc(CCCCN2CCN(c3ccccn3)CC2)nn1-c1ccccc1. The Labute approximate surface area is 180 Å². The molecule has 1 aliphatic rings. The maximum Gasteiger partial charge on any atom is 0.128 e. The van der Waals surface area contributed by atoms with Gasteiger partial charge in [0.25, 0.3) is 0 Å². The van der Waals surface area contributed by atoms with Crippen LogP contribution >= 0.6 is 0 Å². The number of aromatic nitrogens is 3. The summed E-state index contributed by atoms with van der Waals surface area (Å²) in [7, 11) is 0. The minimum absolute atomic E-state index is 1.06. The minimum atomic E-state index is 1.06. The standard InChI is InChI=1S/C25H33N5/c1-2-10-24-21-22(27-30(24)23-12-4-3-5-13-23)11-7-9-16-28-17-19-29(20-18-28)25-14-6-8-15-26-25/h3-6,8,12-15,21H,2,7,9-11,16-20H2,1H3. The maximum atomic E-state index is 4.92. The highest BCUT2D eigenvalue weighted by atomic mass is 15.3. The molecule has 30 heavy (non-hydrogen) atoms. The van der Waals surface area contributed by atoms with Gasteiger partial charge < -0.3 is 4.90 Å². The molecule has 158 valence electrons. The van der Waals surface area contributed by atoms with E-state index in [4.69, 9.17) is 5.10 Å². The van der Waals surface area contributed by atoms with Crippen LogP contribution in [0.2, 0.25) is 0 Å². The smallest absolute Gasteiger partial charge is 0.128 e. The number of anilines is 1. The topological polar surface area (TPSA) is 37.2 Å². The highest BCUT2D eigenvalue weighted by molar-refractivity contribution is 5.38. The zero-order valence-corrected chi connectivity index (χ0v) is 18.1. The van der Waals surface area contributed by atoms with Crippen molar-refractivity contribution in [3.8, 4) is 5.69 Å². The second kappa shape index (κ2) is 10.4. The van der Waals surface area contributed by atoms with Gasteiger partial charge in [-0.2, -0.15) is 5.10 Å². The number of unbranched alkanes of at least 4 members (excludes halogenated alkanes) is 1. The third kappa shape index (κ3) is 5.28. The Morgan fingerprint density at radius 1 is 0.867 bits per heavy atom. The Morgan fingerprint density at radius 3 is 2.40 bits per heavy atom. The quantitative estimate of drug-likeness (QED) is 0.497. The summed E-state index contributed by atoms with van der Waals surface area (Å²) in [5.41, 5.74) is 3.71. The number of para-hydroxylation sites is 1. The molecule has 0 bridgehead atoms. The molecule has 5 heteroatoms. The van der Waals surface area contributed by atoms with E-state index in [1.54, 1.807) is 0 Å². The van der Waals surface area contributed by atoms with E-state index in [-0.39, 0.29) is 0 Å². The van der Waals surface area contributed by atoms with Crippen LogP contribution in [0.5, 0.6) is 0 Å². The molecular weight excluding hydrogens is 370 g/mol. The van der Waals surface area contributed by atoms with Crippen LogP contribution in [0.1, 0.15) is 37.6 Å². The van der Waals surface area contributed by atoms with Crippen molar-refractivity contribution in [1.82, 2.24) is 19.7 Å². The van der Waals surface area contributed by atoms with Crippen molar-refractivity contribution in [2.24, 2.45) is 0 Å². The van der Waals surface area contributed by atoms with Crippen molar-refractivity contribution in [2.45, 2.75) is 39.0 Å². The Bertz CT molecular complexity index is 882. The largest absolute Gasteiger partial charge is 0.354 e. The van der Waals surface area contributed by atoms with Crippen molar-refractivity contribution in [1.29, 1.82) is 0 Å². The molecule has 1 aromatic carbocycles. The molecule has 3 aromatic rings. The number of hydrogen-bond acceptors (Lipinski definition) is 4. The number of piperazine rings is 1. The van der Waals surface area contributed by atoms with E-state index in [9.17, 15) is 0 Å². The third-order valence-corrected chi connectivity index (χ3v) is 5.84. The normalized spacial score (nSPS) is 14.9. The summed E-state index contributed by atoms with van der Waals surface area (Å²) in [5, 5.41) is 4.92. The lowest BCUT2D eigenvalue weighted by Crippen LogP contribution is -2.46. The molecule has 1 fully saturated rings. The van der Waals surface area contributed by atoms with Gasteiger partial charge in [0.05, 0.1) is 11.4 Å². The van der Waals surface area contributed by atoms with Crippen molar-refractivity contribution < 1.29 is 0 Å². The van der Waals surface area contributed by atoms with E-state index >= 15 is 0 Å². The molecule has 0 amide bonds. The van der Waals surface area contributed by atoms with Gasteiger partial charge in [-0.25, -0.2) is 9.67 Å². The minimum Gasteiger partial charge on any atom is -0.354 e. The van der Waals surface area contributed by atoms with Gasteiger partial charge in [0, 0.05) is 38.1 Å². The number of aryl methyl sites for hydroxylation is 2. The van der Waals surface area contributed by atoms with Gasteiger partial charge in [-0.3, -0.25) is 4.90 Å². The molecule has 0 unspecified atom stereocenters. The summed E-state index contributed by atoms with van der Waals surface area (Å²) in [6.07, 6.45) is 7.57. The van der Waals surface area contributed by atoms with E-state index in [0.717, 1.165) is 56.9 Å². The van der Waals surface area contributed by atoms with Gasteiger partial charge >= 0.3 is 0 Å². The second-order valence-corrected chi connectivity index (χ2v) is 8.10. The van der Waals surface area contributed by atoms with Crippen LogP contribution in [0.25, 0.3) is 5.69 Å². The summed E-state index contributed by atoms with van der Waals surface area (Å²) in [5.74, 6) is 1.11. The lowest BCUT2D eigenvalue weighted by Gasteiger charge is -2.35. The predicted molar refractivity (Wildman–Crippen MR) is 123 cm³/mol. The Morgan fingerprint density at radius 2 is 1.67 bits per heavy atom. The summed E-state index contributed by atoms with van der Waals surface area (Å²) < 4.78 is 2.13. The van der Waals surface area contributed by atoms with Crippen molar-refractivity contribution in [3.05, 3.63) is 72.2 Å². The summed E-state index contributed by atoms with van der Waals surface area (Å²) in [6, 6.07) is 19.0. The molecule has 0 saturated carbocycles. The molecule has 1 aliphatic heterocycles. The second-order valence-electron chi connectivity index (χ2n) is 8.10. The van der Waals surface area contributed by atoms with Gasteiger partial charge in [0.2, 0.25) is 0 Å². The van der Waals surface area contributed by atoms with E-state index in [0.29, 0.717) is 0 Å². The number of pyridine rings is 1. The first-order chi connectivity index (χ1) is 14.8. The molecule has 2 aromatic heterocycles. The first-order valence-electron chi connectivity index (χ1n) is 11.3. The average molecular weight is 404 g/mol. The van der Waals surface area contributed by atoms with E-state index in [1.165, 1.54) is 30.8 Å². The number of hydrogen-bond donors (Lipinski definition) is 0. The van der Waals surface area contributed by atoms with E-state index in [1.807, 2.05) is 12.3 Å². The van der Waals surface area contributed by atoms with Crippen molar-refractivity contribution in [2.75, 3.05) is 37.6 Å². The van der Waals surface area contributed by atoms with Crippen molar-refractivity contribution in [3.63, 3.8) is 0 Å². The molecule has 0 atom stereocenters. The maximum absolute atomic E-state index is 4.92. The zero-order chi connectivity index (χ0) is 20.6. The fourth-order valence-electron chi connectivity index (χ4n) is 4.21. The fourth-order valence-corrected chi connectivity index (χ4v) is 4.21. The molecule has 3 heterocycles.